The second-order valence-corrected chi connectivity index (χ2v) is 7.45. The lowest BCUT2D eigenvalue weighted by Crippen LogP contribution is -3.12. The summed E-state index contributed by atoms with van der Waals surface area (Å²) < 4.78 is 11.0. The number of nitrogens with zero attached hydrogens (tertiary/aromatic N) is 1. The number of likely N-dealkylation sites (tertiary alicyclic amines) is 1. The van der Waals surface area contributed by atoms with Crippen LogP contribution in [0.3, 0.4) is 0 Å². The third-order valence-electron chi connectivity index (χ3n) is 5.78. The van der Waals surface area contributed by atoms with Gasteiger partial charge in [0.25, 0.3) is 5.78 Å². The van der Waals surface area contributed by atoms with E-state index < -0.39 is 11.7 Å². The lowest BCUT2D eigenvalue weighted by atomic mass is 10.0. The van der Waals surface area contributed by atoms with Crippen LogP contribution in [0, 0.1) is 6.92 Å². The number of quaternary nitrogens is 1. The van der Waals surface area contributed by atoms with E-state index in [1.54, 1.807) is 25.2 Å². The number of hydrogen-bond donors (Lipinski definition) is 1. The van der Waals surface area contributed by atoms with Crippen LogP contribution in [0.2, 0.25) is 0 Å². The number of anilines is 1. The van der Waals surface area contributed by atoms with Crippen molar-refractivity contribution in [1.29, 1.82) is 0 Å². The summed E-state index contributed by atoms with van der Waals surface area (Å²) in [5, 5.41) is 0. The first-order valence-electron chi connectivity index (χ1n) is 9.57. The number of carbonyl (C=O) groups is 2. The number of ketones is 1. The van der Waals surface area contributed by atoms with Gasteiger partial charge in [0.15, 0.2) is 6.67 Å². The lowest BCUT2D eigenvalue weighted by Gasteiger charge is -2.27. The number of carbonyl (C=O) groups excluding carboxylic acids is 2. The van der Waals surface area contributed by atoms with Gasteiger partial charge in [0.2, 0.25) is 0 Å². The fraction of sp³-hybridized carbons (Fsp3) is 0.364. The summed E-state index contributed by atoms with van der Waals surface area (Å²) in [6, 6.07) is 11.6. The van der Waals surface area contributed by atoms with Gasteiger partial charge in [-0.25, -0.2) is 0 Å². The van der Waals surface area contributed by atoms with Crippen LogP contribution in [0.5, 0.6) is 11.5 Å². The van der Waals surface area contributed by atoms with Crippen molar-refractivity contribution < 1.29 is 24.0 Å². The number of amides is 1. The Morgan fingerprint density at radius 3 is 2.68 bits per heavy atom. The summed E-state index contributed by atoms with van der Waals surface area (Å²) in [6.45, 7) is 3.33. The van der Waals surface area contributed by atoms with Crippen LogP contribution >= 0.6 is 0 Å². The molecular weight excluding hydrogens is 356 g/mol. The molecule has 1 saturated heterocycles. The summed E-state index contributed by atoms with van der Waals surface area (Å²) in [6.07, 6.45) is 2.05. The van der Waals surface area contributed by atoms with Gasteiger partial charge in [-0.2, -0.15) is 0 Å². The molecule has 0 radical (unpaired) electrons. The number of aryl methyl sites for hydroxylation is 1. The minimum atomic E-state index is -0.434. The first-order valence-corrected chi connectivity index (χ1v) is 9.57. The molecule has 2 aliphatic heterocycles. The molecule has 1 N–H and O–H groups in total. The van der Waals surface area contributed by atoms with Gasteiger partial charge in [0.1, 0.15) is 17.5 Å². The highest BCUT2D eigenvalue weighted by Crippen LogP contribution is 2.33. The topological polar surface area (TPSA) is 60.3 Å². The zero-order valence-electron chi connectivity index (χ0n) is 16.5. The van der Waals surface area contributed by atoms with Crippen LogP contribution < -0.4 is 19.3 Å². The van der Waals surface area contributed by atoms with Crippen LogP contribution in [-0.4, -0.2) is 39.1 Å². The van der Waals surface area contributed by atoms with Gasteiger partial charge in [-0.15, -0.1) is 0 Å². The summed E-state index contributed by atoms with van der Waals surface area (Å²) in [7, 11) is 3.32. The number of rotatable bonds is 5. The van der Waals surface area contributed by atoms with Crippen LogP contribution in [0.4, 0.5) is 5.69 Å². The van der Waals surface area contributed by atoms with E-state index in [1.807, 2.05) is 37.3 Å². The number of nitrogens with one attached hydrogen (secondary N) is 1. The first kappa shape index (κ1) is 18.5. The van der Waals surface area contributed by atoms with E-state index in [0.29, 0.717) is 12.2 Å². The number of benzene rings is 2. The molecular formula is C22H25N2O4+. The average Bonchev–Trinajstić information content (AvgIpc) is 3.26. The predicted molar refractivity (Wildman–Crippen MR) is 105 cm³/mol. The highest BCUT2D eigenvalue weighted by Gasteiger charge is 2.41. The number of methoxy groups -OCH3 is 2. The molecule has 2 aromatic rings. The Morgan fingerprint density at radius 2 is 1.93 bits per heavy atom. The van der Waals surface area contributed by atoms with Gasteiger partial charge >= 0.3 is 5.91 Å². The standard InChI is InChI=1S/C22H24N2O4/c1-14-6-8-19-17(11-14)21(25)22(26)24(19)13-23-10-4-5-18(23)16-12-15(27-2)7-9-20(16)28-3/h6-9,11-12,18H,4-5,10,13H2,1-3H3/p+1/t18-/m1/s1. The average molecular weight is 381 g/mol. The Morgan fingerprint density at radius 1 is 1.11 bits per heavy atom. The monoisotopic (exact) mass is 381 g/mol. The normalized spacial score (nSPS) is 21.2. The zero-order chi connectivity index (χ0) is 19.8. The third-order valence-corrected chi connectivity index (χ3v) is 5.78. The molecule has 2 aliphatic rings. The summed E-state index contributed by atoms with van der Waals surface area (Å²) in [4.78, 5) is 28.0. The van der Waals surface area contributed by atoms with E-state index in [4.69, 9.17) is 9.47 Å². The summed E-state index contributed by atoms with van der Waals surface area (Å²) >= 11 is 0. The maximum absolute atomic E-state index is 12.6. The molecule has 0 saturated carbocycles. The fourth-order valence-corrected chi connectivity index (χ4v) is 4.36. The Balaban J connectivity index is 1.64. The molecule has 2 heterocycles. The van der Waals surface area contributed by atoms with Crippen molar-refractivity contribution in [3.63, 3.8) is 0 Å². The molecule has 6 heteroatoms. The van der Waals surface area contributed by atoms with E-state index in [-0.39, 0.29) is 6.04 Å². The van der Waals surface area contributed by atoms with Gasteiger partial charge in [0.05, 0.1) is 37.6 Å². The molecule has 1 unspecified atom stereocenters. The highest BCUT2D eigenvalue weighted by molar-refractivity contribution is 6.52. The van der Waals surface area contributed by atoms with Gasteiger partial charge in [-0.3, -0.25) is 14.5 Å². The van der Waals surface area contributed by atoms with Crippen molar-refractivity contribution in [2.75, 3.05) is 32.3 Å². The second kappa shape index (κ2) is 7.28. The van der Waals surface area contributed by atoms with Gasteiger partial charge in [-0.05, 0) is 37.3 Å². The molecule has 2 aromatic carbocycles. The van der Waals surface area contributed by atoms with E-state index in [0.717, 1.165) is 47.7 Å². The third kappa shape index (κ3) is 3.03. The molecule has 6 nitrogen and oxygen atoms in total. The van der Waals surface area contributed by atoms with Crippen molar-refractivity contribution in [3.05, 3.63) is 53.1 Å². The molecule has 4 rings (SSSR count). The lowest BCUT2D eigenvalue weighted by molar-refractivity contribution is -0.917. The van der Waals surface area contributed by atoms with Crippen molar-refractivity contribution in [3.8, 4) is 11.5 Å². The van der Waals surface area contributed by atoms with Crippen LogP contribution in [0.15, 0.2) is 36.4 Å². The first-order chi connectivity index (χ1) is 13.5. The van der Waals surface area contributed by atoms with Crippen molar-refractivity contribution >= 4 is 17.4 Å². The minimum absolute atomic E-state index is 0.183. The van der Waals surface area contributed by atoms with Crippen molar-refractivity contribution in [2.45, 2.75) is 25.8 Å². The minimum Gasteiger partial charge on any atom is -0.497 e. The second-order valence-electron chi connectivity index (χ2n) is 7.45. The molecule has 0 bridgehead atoms. The largest absolute Gasteiger partial charge is 0.497 e. The van der Waals surface area contributed by atoms with E-state index in [9.17, 15) is 9.59 Å². The number of Topliss-reactive ketones (excluding diaryl/α,β-unsaturated/α-hetero) is 1. The van der Waals surface area contributed by atoms with Crippen LogP contribution in [-0.2, 0) is 4.79 Å². The Bertz CT molecular complexity index is 940. The van der Waals surface area contributed by atoms with Crippen LogP contribution in [0.25, 0.3) is 0 Å². The SMILES string of the molecule is COc1ccc(OC)c([C@H]2CCC[NH+]2CN2C(=O)C(=O)c3cc(C)ccc32)c1. The van der Waals surface area contributed by atoms with E-state index in [2.05, 4.69) is 0 Å². The molecule has 1 amide bonds. The van der Waals surface area contributed by atoms with Crippen molar-refractivity contribution in [2.24, 2.45) is 0 Å². The summed E-state index contributed by atoms with van der Waals surface area (Å²) in [5.74, 6) is 0.768. The molecule has 0 spiro atoms. The maximum Gasteiger partial charge on any atom is 0.303 e. The molecule has 0 aliphatic carbocycles. The van der Waals surface area contributed by atoms with Gasteiger partial charge in [-0.1, -0.05) is 11.6 Å². The fourth-order valence-electron chi connectivity index (χ4n) is 4.36. The van der Waals surface area contributed by atoms with Gasteiger partial charge in [0, 0.05) is 12.8 Å². The highest BCUT2D eigenvalue weighted by atomic mass is 16.5. The molecule has 0 aromatic heterocycles. The quantitative estimate of drug-likeness (QED) is 0.804. The van der Waals surface area contributed by atoms with E-state index in [1.165, 1.54) is 4.90 Å². The maximum atomic E-state index is 12.6. The van der Waals surface area contributed by atoms with Crippen molar-refractivity contribution in [1.82, 2.24) is 0 Å². The van der Waals surface area contributed by atoms with E-state index >= 15 is 0 Å². The molecule has 2 atom stereocenters. The predicted octanol–water partition coefficient (Wildman–Crippen LogP) is 1.92. The molecule has 146 valence electrons. The smallest absolute Gasteiger partial charge is 0.303 e. The molecule has 1 fully saturated rings. The van der Waals surface area contributed by atoms with Crippen LogP contribution in [0.1, 0.15) is 40.4 Å². The number of fused-ring (bicyclic) bond motifs is 1. The number of ether oxygens (including phenoxy) is 2. The summed E-state index contributed by atoms with van der Waals surface area (Å²) in [5.41, 5.74) is 3.29. The Kier molecular flexibility index (Phi) is 4.81. The zero-order valence-corrected chi connectivity index (χ0v) is 16.5. The number of hydrogen-bond acceptors (Lipinski definition) is 4. The molecule has 28 heavy (non-hydrogen) atoms. The Hall–Kier alpha value is -2.86. The van der Waals surface area contributed by atoms with Gasteiger partial charge < -0.3 is 14.4 Å². The Labute approximate surface area is 164 Å².